The van der Waals surface area contributed by atoms with E-state index in [0.29, 0.717) is 22.4 Å². The van der Waals surface area contributed by atoms with Crippen LogP contribution in [0.15, 0.2) is 29.2 Å². The minimum atomic E-state index is -0.331. The van der Waals surface area contributed by atoms with Gasteiger partial charge >= 0.3 is 5.97 Å². The first-order valence-electron chi connectivity index (χ1n) is 7.69. The van der Waals surface area contributed by atoms with Crippen molar-refractivity contribution in [2.24, 2.45) is 0 Å². The van der Waals surface area contributed by atoms with E-state index < -0.39 is 0 Å². The summed E-state index contributed by atoms with van der Waals surface area (Å²) in [5.41, 5.74) is 0.893. The lowest BCUT2D eigenvalue weighted by molar-refractivity contribution is -0.143. The third-order valence-electron chi connectivity index (χ3n) is 3.21. The van der Waals surface area contributed by atoms with E-state index in [4.69, 9.17) is 21.7 Å². The molecule has 24 heavy (non-hydrogen) atoms. The molecule has 1 amide bonds. The summed E-state index contributed by atoms with van der Waals surface area (Å²) in [6.45, 7) is 4.85. The number of hydrogen-bond donors (Lipinski definition) is 0. The van der Waals surface area contributed by atoms with Crippen molar-refractivity contribution in [2.75, 3.05) is 19.8 Å². The summed E-state index contributed by atoms with van der Waals surface area (Å²) in [5, 5.41) is 0. The van der Waals surface area contributed by atoms with Crippen LogP contribution in [0.2, 0.25) is 0 Å². The first-order valence-corrected chi connectivity index (χ1v) is 8.91. The fourth-order valence-corrected chi connectivity index (χ4v) is 3.42. The van der Waals surface area contributed by atoms with Crippen molar-refractivity contribution in [2.45, 2.75) is 20.3 Å². The standard InChI is InChI=1S/C17H19NO4S2/c1-3-21-13-7-5-12(6-8-13)11-14-16(20)18(17(23)24-14)10-9-15(19)22-4-2/h5-8,11H,3-4,9-10H2,1-2H3/b14-11-. The van der Waals surface area contributed by atoms with E-state index in [2.05, 4.69) is 0 Å². The zero-order chi connectivity index (χ0) is 17.5. The first-order chi connectivity index (χ1) is 11.5. The van der Waals surface area contributed by atoms with Gasteiger partial charge in [0.1, 0.15) is 10.1 Å². The Balaban J connectivity index is 2.03. The van der Waals surface area contributed by atoms with Crippen LogP contribution in [0, 0.1) is 0 Å². The average Bonchev–Trinajstić information content (AvgIpc) is 2.82. The maximum absolute atomic E-state index is 12.4. The minimum Gasteiger partial charge on any atom is -0.494 e. The second-order valence-electron chi connectivity index (χ2n) is 4.89. The highest BCUT2D eigenvalue weighted by Gasteiger charge is 2.32. The number of benzene rings is 1. The van der Waals surface area contributed by atoms with Crippen LogP contribution in [-0.4, -0.2) is 40.9 Å². The smallest absolute Gasteiger partial charge is 0.307 e. The van der Waals surface area contributed by atoms with Gasteiger partial charge < -0.3 is 9.47 Å². The highest BCUT2D eigenvalue weighted by molar-refractivity contribution is 8.26. The van der Waals surface area contributed by atoms with Crippen LogP contribution in [0.4, 0.5) is 0 Å². The Morgan fingerprint density at radius 3 is 2.58 bits per heavy atom. The van der Waals surface area contributed by atoms with Gasteiger partial charge in [-0.15, -0.1) is 0 Å². The lowest BCUT2D eigenvalue weighted by Gasteiger charge is -2.13. The Morgan fingerprint density at radius 2 is 1.96 bits per heavy atom. The predicted molar refractivity (Wildman–Crippen MR) is 98.7 cm³/mol. The van der Waals surface area contributed by atoms with E-state index in [0.717, 1.165) is 11.3 Å². The van der Waals surface area contributed by atoms with Gasteiger partial charge in [0.05, 0.1) is 24.5 Å². The van der Waals surface area contributed by atoms with Crippen molar-refractivity contribution in [3.05, 3.63) is 34.7 Å². The van der Waals surface area contributed by atoms with Crippen molar-refractivity contribution in [1.29, 1.82) is 0 Å². The number of esters is 1. The van der Waals surface area contributed by atoms with Crippen LogP contribution >= 0.6 is 24.0 Å². The number of nitrogens with zero attached hydrogens (tertiary/aromatic N) is 1. The van der Waals surface area contributed by atoms with Gasteiger partial charge in [-0.25, -0.2) is 0 Å². The summed E-state index contributed by atoms with van der Waals surface area (Å²) in [6, 6.07) is 7.49. The molecule has 0 radical (unpaired) electrons. The maximum Gasteiger partial charge on any atom is 0.307 e. The van der Waals surface area contributed by atoms with Crippen LogP contribution in [0.5, 0.6) is 5.75 Å². The average molecular weight is 365 g/mol. The SMILES string of the molecule is CCOC(=O)CCN1C(=O)/C(=C/c2ccc(OCC)cc2)SC1=S. The lowest BCUT2D eigenvalue weighted by Crippen LogP contribution is -2.30. The number of thiocarbonyl (C=S) groups is 1. The fraction of sp³-hybridized carbons (Fsp3) is 0.353. The molecule has 1 fully saturated rings. The molecule has 1 aliphatic rings. The summed E-state index contributed by atoms with van der Waals surface area (Å²) in [7, 11) is 0. The summed E-state index contributed by atoms with van der Waals surface area (Å²) in [5.74, 6) is 0.280. The summed E-state index contributed by atoms with van der Waals surface area (Å²) in [6.07, 6.45) is 1.93. The second-order valence-corrected chi connectivity index (χ2v) is 6.57. The van der Waals surface area contributed by atoms with Gasteiger partial charge in [-0.1, -0.05) is 36.1 Å². The van der Waals surface area contributed by atoms with Crippen LogP contribution in [0.25, 0.3) is 6.08 Å². The highest BCUT2D eigenvalue weighted by Crippen LogP contribution is 2.32. The molecule has 128 valence electrons. The van der Waals surface area contributed by atoms with E-state index in [1.807, 2.05) is 31.2 Å². The predicted octanol–water partition coefficient (Wildman–Crippen LogP) is 3.24. The Bertz CT molecular complexity index is 655. The molecule has 1 aliphatic heterocycles. The molecule has 0 atom stereocenters. The third kappa shape index (κ3) is 4.82. The number of carbonyl (C=O) groups is 2. The monoisotopic (exact) mass is 365 g/mol. The molecule has 1 saturated heterocycles. The highest BCUT2D eigenvalue weighted by atomic mass is 32.2. The molecule has 0 spiro atoms. The van der Waals surface area contributed by atoms with Crippen molar-refractivity contribution in [3.8, 4) is 5.75 Å². The maximum atomic E-state index is 12.4. The van der Waals surface area contributed by atoms with Gasteiger partial charge in [-0.2, -0.15) is 0 Å². The topological polar surface area (TPSA) is 55.8 Å². The molecule has 0 N–H and O–H groups in total. The normalized spacial score (nSPS) is 15.9. The Kier molecular flexibility index (Phi) is 6.81. The zero-order valence-corrected chi connectivity index (χ0v) is 15.2. The zero-order valence-electron chi connectivity index (χ0n) is 13.6. The van der Waals surface area contributed by atoms with Gasteiger partial charge in [-0.3, -0.25) is 14.5 Å². The molecule has 0 unspecified atom stereocenters. The molecule has 2 rings (SSSR count). The molecule has 7 heteroatoms. The largest absolute Gasteiger partial charge is 0.494 e. The molecule has 0 saturated carbocycles. The molecule has 5 nitrogen and oxygen atoms in total. The van der Waals surface area contributed by atoms with E-state index in [9.17, 15) is 9.59 Å². The van der Waals surface area contributed by atoms with Crippen LogP contribution in [0.1, 0.15) is 25.8 Å². The third-order valence-corrected chi connectivity index (χ3v) is 4.59. The Morgan fingerprint density at radius 1 is 1.25 bits per heavy atom. The van der Waals surface area contributed by atoms with Crippen molar-refractivity contribution < 1.29 is 19.1 Å². The Labute approximate surface area is 151 Å². The van der Waals surface area contributed by atoms with Gasteiger partial charge in [0.25, 0.3) is 5.91 Å². The summed E-state index contributed by atoms with van der Waals surface area (Å²) in [4.78, 5) is 25.9. The van der Waals surface area contributed by atoms with Gasteiger partial charge in [0.2, 0.25) is 0 Å². The number of carbonyl (C=O) groups excluding carboxylic acids is 2. The molecule has 0 aliphatic carbocycles. The van der Waals surface area contributed by atoms with Crippen LogP contribution < -0.4 is 4.74 Å². The lowest BCUT2D eigenvalue weighted by atomic mass is 10.2. The molecular formula is C17H19NO4S2. The Hall–Kier alpha value is -1.86. The number of amides is 1. The second kappa shape index (κ2) is 8.84. The molecule has 0 aromatic heterocycles. The minimum absolute atomic E-state index is 0.136. The molecule has 1 aromatic rings. The van der Waals surface area contributed by atoms with Crippen LogP contribution in [-0.2, 0) is 14.3 Å². The van der Waals surface area contributed by atoms with E-state index in [1.165, 1.54) is 16.7 Å². The fourth-order valence-electron chi connectivity index (χ4n) is 2.11. The molecular weight excluding hydrogens is 346 g/mol. The van der Waals surface area contributed by atoms with Crippen molar-refractivity contribution in [1.82, 2.24) is 4.90 Å². The van der Waals surface area contributed by atoms with E-state index in [-0.39, 0.29) is 24.8 Å². The quantitative estimate of drug-likeness (QED) is 0.420. The van der Waals surface area contributed by atoms with Gasteiger partial charge in [0, 0.05) is 6.54 Å². The first kappa shape index (κ1) is 18.5. The molecule has 1 heterocycles. The van der Waals surface area contributed by atoms with Gasteiger partial charge in [-0.05, 0) is 37.6 Å². The van der Waals surface area contributed by atoms with Crippen LogP contribution in [0.3, 0.4) is 0 Å². The molecule has 0 bridgehead atoms. The summed E-state index contributed by atoms with van der Waals surface area (Å²) < 4.78 is 10.7. The number of hydrogen-bond acceptors (Lipinski definition) is 6. The number of rotatable bonds is 7. The van der Waals surface area contributed by atoms with Crippen molar-refractivity contribution in [3.63, 3.8) is 0 Å². The van der Waals surface area contributed by atoms with E-state index in [1.54, 1.807) is 13.0 Å². The van der Waals surface area contributed by atoms with E-state index >= 15 is 0 Å². The van der Waals surface area contributed by atoms with Crippen molar-refractivity contribution >= 4 is 46.3 Å². The number of thioether (sulfide) groups is 1. The molecule has 1 aromatic carbocycles. The number of ether oxygens (including phenoxy) is 2. The summed E-state index contributed by atoms with van der Waals surface area (Å²) >= 11 is 6.48. The van der Waals surface area contributed by atoms with Gasteiger partial charge in [0.15, 0.2) is 0 Å².